The number of fused-ring (bicyclic) bond motifs is 3. The molecule has 5 nitrogen and oxygen atoms in total. The van der Waals surface area contributed by atoms with Crippen LogP contribution in [0.25, 0.3) is 78.5 Å². The van der Waals surface area contributed by atoms with Crippen LogP contribution >= 0.6 is 0 Å². The fourth-order valence-corrected chi connectivity index (χ4v) is 5.56. The summed E-state index contributed by atoms with van der Waals surface area (Å²) in [6.45, 7) is 0. The maximum absolute atomic E-state index is 6.19. The van der Waals surface area contributed by atoms with E-state index in [0.29, 0.717) is 17.5 Å². The van der Waals surface area contributed by atoms with E-state index >= 15 is 0 Å². The highest BCUT2D eigenvalue weighted by Crippen LogP contribution is 2.39. The molecule has 0 amide bonds. The molecular weight excluding hydrogens is 528 g/mol. The summed E-state index contributed by atoms with van der Waals surface area (Å²) in [7, 11) is 0. The molecule has 0 spiro atoms. The number of para-hydroxylation sites is 1. The van der Waals surface area contributed by atoms with Gasteiger partial charge in [-0.15, -0.1) is 0 Å². The lowest BCUT2D eigenvalue weighted by Gasteiger charge is -2.12. The average Bonchev–Trinajstić information content (AvgIpc) is 3.48. The van der Waals surface area contributed by atoms with Crippen LogP contribution in [0.15, 0.2) is 150 Å². The van der Waals surface area contributed by atoms with E-state index in [-0.39, 0.29) is 0 Å². The molecule has 5 aromatic carbocycles. The smallest absolute Gasteiger partial charge is 0.166 e. The zero-order valence-electron chi connectivity index (χ0n) is 23.1. The lowest BCUT2D eigenvalue weighted by Crippen LogP contribution is -2.01. The number of benzene rings is 5. The second-order valence-electron chi connectivity index (χ2n) is 10.3. The van der Waals surface area contributed by atoms with Crippen LogP contribution in [0.3, 0.4) is 0 Å². The maximum Gasteiger partial charge on any atom is 0.166 e. The van der Waals surface area contributed by atoms with E-state index in [9.17, 15) is 0 Å². The van der Waals surface area contributed by atoms with Gasteiger partial charge in [0.15, 0.2) is 17.5 Å². The number of furan rings is 1. The minimum atomic E-state index is 0.559. The zero-order valence-corrected chi connectivity index (χ0v) is 23.1. The van der Waals surface area contributed by atoms with Crippen LogP contribution in [0.4, 0.5) is 0 Å². The largest absolute Gasteiger partial charge is 0.456 e. The molecule has 0 aliphatic carbocycles. The van der Waals surface area contributed by atoms with Gasteiger partial charge in [-0.05, 0) is 35.4 Å². The first kappa shape index (κ1) is 24.8. The van der Waals surface area contributed by atoms with E-state index in [4.69, 9.17) is 24.4 Å². The van der Waals surface area contributed by atoms with Crippen molar-refractivity contribution in [1.82, 2.24) is 19.9 Å². The highest BCUT2D eigenvalue weighted by Gasteiger charge is 2.19. The lowest BCUT2D eigenvalue weighted by atomic mass is 9.99. The van der Waals surface area contributed by atoms with Crippen LogP contribution in [-0.4, -0.2) is 19.9 Å². The van der Waals surface area contributed by atoms with E-state index in [1.165, 1.54) is 0 Å². The summed E-state index contributed by atoms with van der Waals surface area (Å²) in [5.74, 6) is 1.77. The molecule has 0 radical (unpaired) electrons. The first-order chi connectivity index (χ1) is 21.3. The first-order valence-corrected chi connectivity index (χ1v) is 14.2. The number of rotatable bonds is 5. The predicted octanol–water partition coefficient (Wildman–Crippen LogP) is 9.50. The van der Waals surface area contributed by atoms with Crippen LogP contribution in [0.5, 0.6) is 0 Å². The van der Waals surface area contributed by atoms with Crippen LogP contribution < -0.4 is 0 Å². The van der Waals surface area contributed by atoms with Gasteiger partial charge in [0, 0.05) is 39.2 Å². The van der Waals surface area contributed by atoms with E-state index < -0.39 is 0 Å². The molecule has 0 saturated heterocycles. The Morgan fingerprint density at radius 3 is 1.72 bits per heavy atom. The van der Waals surface area contributed by atoms with Gasteiger partial charge < -0.3 is 4.42 Å². The highest BCUT2D eigenvalue weighted by atomic mass is 16.3. The van der Waals surface area contributed by atoms with Gasteiger partial charge in [0.1, 0.15) is 11.2 Å². The van der Waals surface area contributed by atoms with Gasteiger partial charge in [-0.3, -0.25) is 4.98 Å². The number of pyridine rings is 1. The summed E-state index contributed by atoms with van der Waals surface area (Å²) in [4.78, 5) is 19.8. The third-order valence-electron chi connectivity index (χ3n) is 7.62. The SMILES string of the molecule is c1ccc(-c2ccc(-c3nc(-c4ccccc4)nc(-c4cccnc4-c4cccc5oc6ccccc6c45)n3)cc2)cc1. The monoisotopic (exact) mass is 552 g/mol. The van der Waals surface area contributed by atoms with Gasteiger partial charge in [-0.1, -0.05) is 115 Å². The van der Waals surface area contributed by atoms with Crippen LogP contribution in [0.1, 0.15) is 0 Å². The van der Waals surface area contributed by atoms with Crippen molar-refractivity contribution in [3.8, 4) is 56.5 Å². The normalized spacial score (nSPS) is 11.3. The van der Waals surface area contributed by atoms with Crippen molar-refractivity contribution >= 4 is 21.9 Å². The van der Waals surface area contributed by atoms with Crippen LogP contribution in [0.2, 0.25) is 0 Å². The van der Waals surface area contributed by atoms with E-state index in [0.717, 1.165) is 61.0 Å². The Labute approximate surface area is 248 Å². The van der Waals surface area contributed by atoms with Crippen molar-refractivity contribution in [2.75, 3.05) is 0 Å². The lowest BCUT2D eigenvalue weighted by molar-refractivity contribution is 0.669. The number of aromatic nitrogens is 4. The molecule has 0 aliphatic heterocycles. The summed E-state index contributed by atoms with van der Waals surface area (Å²) in [6, 6.07) is 46.8. The maximum atomic E-state index is 6.19. The quantitative estimate of drug-likeness (QED) is 0.213. The molecule has 0 N–H and O–H groups in total. The molecule has 43 heavy (non-hydrogen) atoms. The molecule has 0 aliphatic rings. The Kier molecular flexibility index (Phi) is 6.05. The number of hydrogen-bond donors (Lipinski definition) is 0. The van der Waals surface area contributed by atoms with Gasteiger partial charge in [0.25, 0.3) is 0 Å². The molecule has 0 unspecified atom stereocenters. The Morgan fingerprint density at radius 2 is 0.953 bits per heavy atom. The van der Waals surface area contributed by atoms with Crippen LogP contribution in [0, 0.1) is 0 Å². The summed E-state index contributed by atoms with van der Waals surface area (Å²) < 4.78 is 6.19. The van der Waals surface area contributed by atoms with Crippen molar-refractivity contribution in [3.63, 3.8) is 0 Å². The molecule has 3 aromatic heterocycles. The third kappa shape index (κ3) is 4.53. The van der Waals surface area contributed by atoms with Crippen molar-refractivity contribution < 1.29 is 4.42 Å². The molecule has 8 rings (SSSR count). The van der Waals surface area contributed by atoms with Crippen molar-refractivity contribution in [1.29, 1.82) is 0 Å². The second-order valence-corrected chi connectivity index (χ2v) is 10.3. The van der Waals surface area contributed by atoms with Crippen molar-refractivity contribution in [2.45, 2.75) is 0 Å². The fraction of sp³-hybridized carbons (Fsp3) is 0. The molecule has 202 valence electrons. The van der Waals surface area contributed by atoms with Gasteiger partial charge in [-0.25, -0.2) is 15.0 Å². The minimum absolute atomic E-state index is 0.559. The molecule has 5 heteroatoms. The third-order valence-corrected chi connectivity index (χ3v) is 7.62. The summed E-state index contributed by atoms with van der Waals surface area (Å²) in [6.07, 6.45) is 1.81. The molecule has 3 heterocycles. The Morgan fingerprint density at radius 1 is 0.395 bits per heavy atom. The van der Waals surface area contributed by atoms with E-state index in [2.05, 4.69) is 48.5 Å². The highest BCUT2D eigenvalue weighted by molar-refractivity contribution is 6.13. The molecule has 0 atom stereocenters. The average molecular weight is 553 g/mol. The van der Waals surface area contributed by atoms with Gasteiger partial charge >= 0.3 is 0 Å². The van der Waals surface area contributed by atoms with E-state index in [1.807, 2.05) is 97.2 Å². The van der Waals surface area contributed by atoms with Crippen LogP contribution in [-0.2, 0) is 0 Å². The van der Waals surface area contributed by atoms with Gasteiger partial charge in [0.2, 0.25) is 0 Å². The Hall–Kier alpha value is -5.94. The van der Waals surface area contributed by atoms with Crippen molar-refractivity contribution in [2.24, 2.45) is 0 Å². The van der Waals surface area contributed by atoms with Gasteiger partial charge in [0.05, 0.1) is 5.69 Å². The predicted molar refractivity (Wildman–Crippen MR) is 172 cm³/mol. The molecule has 0 saturated carbocycles. The summed E-state index contributed by atoms with van der Waals surface area (Å²) in [5, 5.41) is 2.07. The topological polar surface area (TPSA) is 64.7 Å². The summed E-state index contributed by atoms with van der Waals surface area (Å²) >= 11 is 0. The molecular formula is C38H24N4O. The molecule has 8 aromatic rings. The minimum Gasteiger partial charge on any atom is -0.456 e. The molecule has 0 fully saturated rings. The first-order valence-electron chi connectivity index (χ1n) is 14.2. The standard InChI is InChI=1S/C38H24N4O/c1-3-11-25(12-4-1)26-20-22-28(23-21-26)37-40-36(27-13-5-2-6-14-27)41-38(42-37)31-17-10-24-39-35(31)30-16-9-19-33-34(30)29-15-7-8-18-32(29)43-33/h1-24H. The summed E-state index contributed by atoms with van der Waals surface area (Å²) in [5.41, 5.74) is 8.36. The Bertz CT molecular complexity index is 2220. The Balaban J connectivity index is 1.32. The van der Waals surface area contributed by atoms with Crippen molar-refractivity contribution in [3.05, 3.63) is 146 Å². The fourth-order valence-electron chi connectivity index (χ4n) is 5.56. The molecule has 0 bridgehead atoms. The number of hydrogen-bond acceptors (Lipinski definition) is 5. The second kappa shape index (κ2) is 10.5. The number of nitrogens with zero attached hydrogens (tertiary/aromatic N) is 4. The van der Waals surface area contributed by atoms with Gasteiger partial charge in [-0.2, -0.15) is 0 Å². The zero-order chi connectivity index (χ0) is 28.6. The van der Waals surface area contributed by atoms with E-state index in [1.54, 1.807) is 0 Å².